The molecule has 1 aromatic heterocycles. The zero-order valence-electron chi connectivity index (χ0n) is 15.4. The summed E-state index contributed by atoms with van der Waals surface area (Å²) in [6.45, 7) is 0.968. The van der Waals surface area contributed by atoms with Gasteiger partial charge in [-0.25, -0.2) is 8.42 Å². The standard InChI is InChI=1S/C18H24N4O4S.ClH/c19-10-8-18(23)20-13-14-5-3-4-12-22(14)27(24,25)17-7-2-1-6-15(17)16-9-11-21-26-16;/h1-2,6-7,9,11,14H,3-5,8,10,12-13,19H2,(H,20,23);1H. The lowest BCUT2D eigenvalue weighted by Crippen LogP contribution is -2.49. The van der Waals surface area contributed by atoms with Crippen LogP contribution in [0.5, 0.6) is 0 Å². The zero-order valence-corrected chi connectivity index (χ0v) is 17.0. The summed E-state index contributed by atoms with van der Waals surface area (Å²) in [4.78, 5) is 11.9. The summed E-state index contributed by atoms with van der Waals surface area (Å²) in [5, 5.41) is 6.47. The predicted octanol–water partition coefficient (Wildman–Crippen LogP) is 1.77. The first-order chi connectivity index (χ1) is 13.0. The minimum Gasteiger partial charge on any atom is -0.356 e. The van der Waals surface area contributed by atoms with E-state index in [1.54, 1.807) is 30.3 Å². The third-order valence-corrected chi connectivity index (χ3v) is 6.67. The summed E-state index contributed by atoms with van der Waals surface area (Å²) in [7, 11) is -3.76. The lowest BCUT2D eigenvalue weighted by atomic mass is 10.1. The Hall–Kier alpha value is -1.94. The molecule has 1 amide bonds. The van der Waals surface area contributed by atoms with Gasteiger partial charge in [0.25, 0.3) is 0 Å². The average Bonchev–Trinajstić information content (AvgIpc) is 3.21. The first-order valence-corrected chi connectivity index (χ1v) is 10.5. The van der Waals surface area contributed by atoms with E-state index < -0.39 is 10.0 Å². The molecule has 1 aromatic carbocycles. The van der Waals surface area contributed by atoms with E-state index in [9.17, 15) is 13.2 Å². The molecule has 1 fully saturated rings. The van der Waals surface area contributed by atoms with Crippen LogP contribution in [0, 0.1) is 0 Å². The van der Waals surface area contributed by atoms with Crippen LogP contribution >= 0.6 is 12.4 Å². The molecule has 0 aliphatic carbocycles. The monoisotopic (exact) mass is 428 g/mol. The Bertz CT molecular complexity index is 873. The molecule has 2 heterocycles. The van der Waals surface area contributed by atoms with E-state index >= 15 is 0 Å². The van der Waals surface area contributed by atoms with Crippen molar-refractivity contribution in [3.05, 3.63) is 36.5 Å². The first-order valence-electron chi connectivity index (χ1n) is 9.02. The van der Waals surface area contributed by atoms with Gasteiger partial charge in [-0.15, -0.1) is 12.4 Å². The van der Waals surface area contributed by atoms with Crippen LogP contribution in [0.4, 0.5) is 0 Å². The topological polar surface area (TPSA) is 119 Å². The number of hydrogen-bond donors (Lipinski definition) is 2. The predicted molar refractivity (Wildman–Crippen MR) is 107 cm³/mol. The highest BCUT2D eigenvalue weighted by atomic mass is 35.5. The average molecular weight is 429 g/mol. The van der Waals surface area contributed by atoms with Crippen molar-refractivity contribution in [1.29, 1.82) is 0 Å². The van der Waals surface area contributed by atoms with E-state index in [0.717, 1.165) is 12.8 Å². The van der Waals surface area contributed by atoms with E-state index in [1.807, 2.05) is 0 Å². The molecule has 1 aliphatic heterocycles. The van der Waals surface area contributed by atoms with Gasteiger partial charge in [-0.1, -0.05) is 23.7 Å². The van der Waals surface area contributed by atoms with Gasteiger partial charge >= 0.3 is 0 Å². The van der Waals surface area contributed by atoms with Crippen LogP contribution in [-0.4, -0.2) is 49.5 Å². The largest absolute Gasteiger partial charge is 0.356 e. The van der Waals surface area contributed by atoms with E-state index in [1.165, 1.54) is 10.5 Å². The van der Waals surface area contributed by atoms with Crippen LogP contribution in [0.2, 0.25) is 0 Å². The molecule has 0 radical (unpaired) electrons. The molecule has 1 aliphatic rings. The number of carbonyl (C=O) groups is 1. The van der Waals surface area contributed by atoms with Crippen molar-refractivity contribution in [2.24, 2.45) is 5.73 Å². The molecular formula is C18H25ClN4O4S. The summed E-state index contributed by atoms with van der Waals surface area (Å²) in [5.74, 6) is 0.237. The smallest absolute Gasteiger partial charge is 0.244 e. The van der Waals surface area contributed by atoms with Crippen LogP contribution in [-0.2, 0) is 14.8 Å². The Morgan fingerprint density at radius 3 is 2.79 bits per heavy atom. The van der Waals surface area contributed by atoms with Crippen LogP contribution in [0.25, 0.3) is 11.3 Å². The number of benzene rings is 1. The molecule has 0 spiro atoms. The Morgan fingerprint density at radius 2 is 2.07 bits per heavy atom. The van der Waals surface area contributed by atoms with E-state index in [4.69, 9.17) is 10.3 Å². The Morgan fingerprint density at radius 1 is 1.29 bits per heavy atom. The summed E-state index contributed by atoms with van der Waals surface area (Å²) >= 11 is 0. The Kier molecular flexibility index (Phi) is 7.99. The van der Waals surface area contributed by atoms with Gasteiger partial charge in [-0.2, -0.15) is 4.31 Å². The molecule has 154 valence electrons. The molecule has 3 rings (SSSR count). The summed E-state index contributed by atoms with van der Waals surface area (Å²) in [6, 6.07) is 8.08. The summed E-state index contributed by atoms with van der Waals surface area (Å²) < 4.78 is 33.5. The maximum absolute atomic E-state index is 13.4. The fourth-order valence-electron chi connectivity index (χ4n) is 3.32. The molecule has 0 bridgehead atoms. The van der Waals surface area contributed by atoms with Gasteiger partial charge in [-0.05, 0) is 25.0 Å². The Balaban J connectivity index is 0.00000280. The van der Waals surface area contributed by atoms with Crippen molar-refractivity contribution in [2.45, 2.75) is 36.6 Å². The highest BCUT2D eigenvalue weighted by Gasteiger charge is 2.35. The Labute approximate surface area is 170 Å². The SMILES string of the molecule is Cl.NCCC(=O)NCC1CCCCN1S(=O)(=O)c1ccccc1-c1ccno1. The number of nitrogens with zero attached hydrogens (tertiary/aromatic N) is 2. The molecule has 28 heavy (non-hydrogen) atoms. The number of hydrogen-bond acceptors (Lipinski definition) is 6. The minimum atomic E-state index is -3.76. The third kappa shape index (κ3) is 4.91. The van der Waals surface area contributed by atoms with Crippen molar-refractivity contribution in [3.63, 3.8) is 0 Å². The van der Waals surface area contributed by atoms with Gasteiger partial charge in [0.1, 0.15) is 0 Å². The molecule has 2 aromatic rings. The lowest BCUT2D eigenvalue weighted by Gasteiger charge is -2.35. The fourth-order valence-corrected chi connectivity index (χ4v) is 5.21. The molecule has 0 saturated carbocycles. The second kappa shape index (κ2) is 10.0. The van der Waals surface area contributed by atoms with Crippen molar-refractivity contribution in [2.75, 3.05) is 19.6 Å². The normalized spacial score (nSPS) is 17.7. The minimum absolute atomic E-state index is 0. The van der Waals surface area contributed by atoms with Gasteiger partial charge in [0, 0.05) is 43.7 Å². The second-order valence-corrected chi connectivity index (χ2v) is 8.34. The summed E-state index contributed by atoms with van der Waals surface area (Å²) in [6.07, 6.45) is 4.12. The number of nitrogens with one attached hydrogen (secondary N) is 1. The zero-order chi connectivity index (χ0) is 19.3. The molecule has 10 heteroatoms. The van der Waals surface area contributed by atoms with E-state index in [-0.39, 0.29) is 48.8 Å². The lowest BCUT2D eigenvalue weighted by molar-refractivity contribution is -0.121. The van der Waals surface area contributed by atoms with Crippen LogP contribution < -0.4 is 11.1 Å². The molecule has 8 nitrogen and oxygen atoms in total. The number of aromatic nitrogens is 1. The number of halogens is 1. The van der Waals surface area contributed by atoms with Crippen molar-refractivity contribution in [1.82, 2.24) is 14.8 Å². The number of rotatable bonds is 7. The summed E-state index contributed by atoms with van der Waals surface area (Å²) in [5.41, 5.74) is 5.87. The van der Waals surface area contributed by atoms with Crippen LogP contribution in [0.15, 0.2) is 45.9 Å². The van der Waals surface area contributed by atoms with Gasteiger partial charge < -0.3 is 15.6 Å². The number of amides is 1. The molecular weight excluding hydrogens is 404 g/mol. The first kappa shape index (κ1) is 22.4. The molecule has 1 atom stereocenters. The van der Waals surface area contributed by atoms with Gasteiger partial charge in [0.2, 0.25) is 15.9 Å². The van der Waals surface area contributed by atoms with Crippen molar-refractivity contribution >= 4 is 28.3 Å². The second-order valence-electron chi connectivity index (χ2n) is 6.48. The van der Waals surface area contributed by atoms with Gasteiger partial charge in [0.15, 0.2) is 5.76 Å². The highest BCUT2D eigenvalue weighted by Crippen LogP contribution is 2.32. The molecule has 3 N–H and O–H groups in total. The van der Waals surface area contributed by atoms with Gasteiger partial charge in [-0.3, -0.25) is 4.79 Å². The van der Waals surface area contributed by atoms with Gasteiger partial charge in [0.05, 0.1) is 11.1 Å². The maximum atomic E-state index is 13.4. The molecule has 1 saturated heterocycles. The van der Waals surface area contributed by atoms with Crippen molar-refractivity contribution in [3.8, 4) is 11.3 Å². The van der Waals surface area contributed by atoms with E-state index in [0.29, 0.717) is 24.3 Å². The van der Waals surface area contributed by atoms with Crippen LogP contribution in [0.3, 0.4) is 0 Å². The maximum Gasteiger partial charge on any atom is 0.244 e. The number of piperidine rings is 1. The number of sulfonamides is 1. The third-order valence-electron chi connectivity index (χ3n) is 4.66. The number of carbonyl (C=O) groups excluding carboxylic acids is 1. The van der Waals surface area contributed by atoms with E-state index in [2.05, 4.69) is 10.5 Å². The van der Waals surface area contributed by atoms with Crippen LogP contribution in [0.1, 0.15) is 25.7 Å². The highest BCUT2D eigenvalue weighted by molar-refractivity contribution is 7.89. The van der Waals surface area contributed by atoms with Crippen molar-refractivity contribution < 1.29 is 17.7 Å². The number of nitrogens with two attached hydrogens (primary N) is 1. The quantitative estimate of drug-likeness (QED) is 0.693. The fraction of sp³-hybridized carbons (Fsp3) is 0.444. The molecule has 1 unspecified atom stereocenters.